The number of Topliss-reactive ketones (excluding diaryl/α,β-unsaturated/α-hetero) is 2. The molecule has 0 amide bonds. The van der Waals surface area contributed by atoms with Gasteiger partial charge >= 0.3 is 0 Å². The van der Waals surface area contributed by atoms with E-state index < -0.39 is 17.0 Å². The van der Waals surface area contributed by atoms with E-state index >= 15 is 4.39 Å². The van der Waals surface area contributed by atoms with Crippen molar-refractivity contribution in [3.8, 4) is 0 Å². The Morgan fingerprint density at radius 1 is 1.00 bits per heavy atom. The first kappa shape index (κ1) is 25.8. The van der Waals surface area contributed by atoms with Gasteiger partial charge in [0.05, 0.1) is 16.1 Å². The summed E-state index contributed by atoms with van der Waals surface area (Å²) in [6.45, 7) is 11.6. The van der Waals surface area contributed by atoms with E-state index in [9.17, 15) is 9.59 Å². The third kappa shape index (κ3) is 5.98. The Bertz CT molecular complexity index is 1240. The maximum Gasteiger partial charge on any atom is 0.171 e. The van der Waals surface area contributed by atoms with Crippen LogP contribution in [0.25, 0.3) is 10.9 Å². The lowest BCUT2D eigenvalue weighted by Gasteiger charge is -2.22. The molecule has 2 aromatic carbocycles. The summed E-state index contributed by atoms with van der Waals surface area (Å²) in [5.41, 5.74) is 0.729. The van der Waals surface area contributed by atoms with Gasteiger partial charge in [0.2, 0.25) is 0 Å². The summed E-state index contributed by atoms with van der Waals surface area (Å²) in [4.78, 5) is 34.2. The monoisotopic (exact) mass is 483 g/mol. The fourth-order valence-electron chi connectivity index (χ4n) is 3.68. The van der Waals surface area contributed by atoms with Gasteiger partial charge in [0.15, 0.2) is 5.78 Å². The van der Waals surface area contributed by atoms with Crippen LogP contribution in [0.5, 0.6) is 0 Å². The Labute approximate surface area is 205 Å². The van der Waals surface area contributed by atoms with E-state index in [4.69, 9.17) is 11.6 Å². The van der Waals surface area contributed by atoms with Crippen LogP contribution in [0.4, 0.5) is 10.2 Å². The number of nitrogens with one attached hydrogen (secondary N) is 1. The highest BCUT2D eigenvalue weighted by atomic mass is 35.5. The van der Waals surface area contributed by atoms with Crippen molar-refractivity contribution in [2.75, 3.05) is 5.32 Å². The van der Waals surface area contributed by atoms with E-state index in [1.165, 1.54) is 12.4 Å². The van der Waals surface area contributed by atoms with Crippen molar-refractivity contribution in [2.24, 2.45) is 5.41 Å². The first-order valence-corrected chi connectivity index (χ1v) is 11.7. The van der Waals surface area contributed by atoms with Crippen LogP contribution in [0.3, 0.4) is 0 Å². The molecule has 0 radical (unpaired) electrons. The smallest absolute Gasteiger partial charge is 0.171 e. The highest BCUT2D eigenvalue weighted by molar-refractivity contribution is 6.34. The molecule has 5 nitrogen and oxygen atoms in total. The molecule has 7 heteroatoms. The third-order valence-corrected chi connectivity index (χ3v) is 5.82. The summed E-state index contributed by atoms with van der Waals surface area (Å²) < 4.78 is 15.3. The van der Waals surface area contributed by atoms with Crippen molar-refractivity contribution in [3.05, 3.63) is 64.2 Å². The average molecular weight is 484 g/mol. The molecule has 0 aliphatic carbocycles. The number of hydrogen-bond donors (Lipinski definition) is 1. The third-order valence-electron chi connectivity index (χ3n) is 5.50. The standard InChI is InChI=1S/C27H31ClFN3O2/c1-26(2,3)21(34)13-11-16-10-12-19(28)22(23(16)29)20(33)14-17-8-7-9-18-24(17)30-15-31-25(18)32-27(4,5)6/h7-10,12,15H,11,13-14H2,1-6H3,(H,30,31,32). The Morgan fingerprint density at radius 3 is 2.35 bits per heavy atom. The number of halogens is 2. The van der Waals surface area contributed by atoms with Gasteiger partial charge in [-0.05, 0) is 50.5 Å². The molecule has 34 heavy (non-hydrogen) atoms. The summed E-state index contributed by atoms with van der Waals surface area (Å²) in [5.74, 6) is -0.404. The van der Waals surface area contributed by atoms with Crippen LogP contribution in [0.2, 0.25) is 5.02 Å². The number of aryl methyl sites for hydroxylation is 1. The summed E-state index contributed by atoms with van der Waals surface area (Å²) >= 11 is 6.25. The average Bonchev–Trinajstić information content (AvgIpc) is 2.72. The molecule has 3 rings (SSSR count). The lowest BCUT2D eigenvalue weighted by Crippen LogP contribution is -2.26. The van der Waals surface area contributed by atoms with E-state index in [1.807, 2.05) is 53.7 Å². The Kier molecular flexibility index (Phi) is 7.41. The van der Waals surface area contributed by atoms with E-state index in [2.05, 4.69) is 15.3 Å². The Morgan fingerprint density at radius 2 is 1.71 bits per heavy atom. The number of carbonyl (C=O) groups is 2. The predicted octanol–water partition coefficient (Wildman–Crippen LogP) is 6.61. The molecular formula is C27H31ClFN3O2. The van der Waals surface area contributed by atoms with Crippen molar-refractivity contribution < 1.29 is 14.0 Å². The number of rotatable bonds is 7. The summed E-state index contributed by atoms with van der Waals surface area (Å²) in [6.07, 6.45) is 1.79. The molecule has 0 bridgehead atoms. The number of para-hydroxylation sites is 1. The SMILES string of the molecule is CC(C)(C)Nc1ncnc2c(CC(=O)c3c(Cl)ccc(CCC(=O)C(C)(C)C)c3F)cccc12. The molecule has 3 aromatic rings. The zero-order valence-corrected chi connectivity index (χ0v) is 21.3. The number of aromatic nitrogens is 2. The van der Waals surface area contributed by atoms with Crippen LogP contribution in [-0.2, 0) is 17.6 Å². The summed E-state index contributed by atoms with van der Waals surface area (Å²) in [7, 11) is 0. The fraction of sp³-hybridized carbons (Fsp3) is 0.407. The number of hydrogen-bond acceptors (Lipinski definition) is 5. The molecule has 0 aliphatic heterocycles. The van der Waals surface area contributed by atoms with Gasteiger partial charge in [-0.15, -0.1) is 0 Å². The van der Waals surface area contributed by atoms with Crippen LogP contribution in [0.15, 0.2) is 36.7 Å². The Hall–Kier alpha value is -2.86. The number of nitrogens with zero attached hydrogens (tertiary/aromatic N) is 2. The lowest BCUT2D eigenvalue weighted by atomic mass is 9.87. The van der Waals surface area contributed by atoms with Crippen LogP contribution in [-0.4, -0.2) is 27.1 Å². The number of anilines is 1. The zero-order chi connectivity index (χ0) is 25.3. The molecule has 0 aliphatic rings. The minimum absolute atomic E-state index is 0.0323. The maximum absolute atomic E-state index is 15.3. The van der Waals surface area contributed by atoms with Crippen LogP contribution < -0.4 is 5.32 Å². The molecule has 1 aromatic heterocycles. The minimum atomic E-state index is -0.663. The first-order valence-electron chi connectivity index (χ1n) is 11.3. The summed E-state index contributed by atoms with van der Waals surface area (Å²) in [6, 6.07) is 8.57. The van der Waals surface area contributed by atoms with E-state index in [0.29, 0.717) is 22.5 Å². The molecule has 1 heterocycles. The second-order valence-electron chi connectivity index (χ2n) is 10.6. The van der Waals surface area contributed by atoms with Crippen molar-refractivity contribution >= 4 is 39.9 Å². The second kappa shape index (κ2) is 9.79. The van der Waals surface area contributed by atoms with Gasteiger partial charge in [-0.1, -0.05) is 50.6 Å². The first-order chi connectivity index (χ1) is 15.8. The molecule has 1 N–H and O–H groups in total. The molecule has 0 fully saturated rings. The summed E-state index contributed by atoms with van der Waals surface area (Å²) in [5, 5.41) is 4.19. The van der Waals surface area contributed by atoms with Crippen LogP contribution in [0, 0.1) is 11.2 Å². The van der Waals surface area contributed by atoms with Gasteiger partial charge in [-0.25, -0.2) is 14.4 Å². The van der Waals surface area contributed by atoms with Gasteiger partial charge < -0.3 is 5.32 Å². The van der Waals surface area contributed by atoms with Gasteiger partial charge in [-0.2, -0.15) is 0 Å². The number of carbonyl (C=O) groups excluding carboxylic acids is 2. The molecule has 0 saturated heterocycles. The minimum Gasteiger partial charge on any atom is -0.365 e. The molecule has 0 saturated carbocycles. The van der Waals surface area contributed by atoms with Gasteiger partial charge in [0.25, 0.3) is 0 Å². The van der Waals surface area contributed by atoms with Crippen LogP contribution in [0.1, 0.15) is 69.4 Å². The molecular weight excluding hydrogens is 453 g/mol. The van der Waals surface area contributed by atoms with E-state index in [0.717, 1.165) is 5.39 Å². The molecule has 0 unspecified atom stereocenters. The predicted molar refractivity (Wildman–Crippen MR) is 135 cm³/mol. The quantitative estimate of drug-likeness (QED) is 0.383. The number of ketones is 2. The van der Waals surface area contributed by atoms with E-state index in [-0.39, 0.29) is 41.2 Å². The van der Waals surface area contributed by atoms with Crippen molar-refractivity contribution in [1.82, 2.24) is 9.97 Å². The fourth-order valence-corrected chi connectivity index (χ4v) is 3.93. The van der Waals surface area contributed by atoms with E-state index in [1.54, 1.807) is 12.1 Å². The van der Waals surface area contributed by atoms with Gasteiger partial charge in [0, 0.05) is 29.2 Å². The highest BCUT2D eigenvalue weighted by Crippen LogP contribution is 2.29. The van der Waals surface area contributed by atoms with Crippen molar-refractivity contribution in [2.45, 2.75) is 66.3 Å². The highest BCUT2D eigenvalue weighted by Gasteiger charge is 2.24. The van der Waals surface area contributed by atoms with Crippen molar-refractivity contribution in [3.63, 3.8) is 0 Å². The molecule has 0 atom stereocenters. The van der Waals surface area contributed by atoms with Crippen molar-refractivity contribution in [1.29, 1.82) is 0 Å². The molecule has 0 spiro atoms. The second-order valence-corrected chi connectivity index (χ2v) is 11.0. The zero-order valence-electron chi connectivity index (χ0n) is 20.6. The normalized spacial score (nSPS) is 12.1. The maximum atomic E-state index is 15.3. The molecule has 180 valence electrons. The van der Waals surface area contributed by atoms with Crippen LogP contribution >= 0.6 is 11.6 Å². The topological polar surface area (TPSA) is 72.0 Å². The van der Waals surface area contributed by atoms with Gasteiger partial charge in [-0.3, -0.25) is 9.59 Å². The van der Waals surface area contributed by atoms with Gasteiger partial charge in [0.1, 0.15) is 23.7 Å². The number of fused-ring (bicyclic) bond motifs is 1. The Balaban J connectivity index is 1.91. The largest absolute Gasteiger partial charge is 0.365 e. The lowest BCUT2D eigenvalue weighted by molar-refractivity contribution is -0.126. The number of benzene rings is 2.